The zero-order valence-corrected chi connectivity index (χ0v) is 18.4. The molecular weight excluding hydrogens is 472 g/mol. The first-order valence-corrected chi connectivity index (χ1v) is 11.9. The summed E-state index contributed by atoms with van der Waals surface area (Å²) in [6.45, 7) is 1.76. The molecule has 2 aliphatic rings. The Morgan fingerprint density at radius 2 is 1.82 bits per heavy atom. The van der Waals surface area contributed by atoms with Crippen LogP contribution in [0.3, 0.4) is 0 Å². The van der Waals surface area contributed by atoms with Crippen LogP contribution in [0.15, 0.2) is 35.9 Å². The van der Waals surface area contributed by atoms with E-state index in [2.05, 4.69) is 5.10 Å². The van der Waals surface area contributed by atoms with Crippen molar-refractivity contribution >= 4 is 15.7 Å². The fourth-order valence-electron chi connectivity index (χ4n) is 4.47. The van der Waals surface area contributed by atoms with E-state index in [-0.39, 0.29) is 24.3 Å². The summed E-state index contributed by atoms with van der Waals surface area (Å²) in [6, 6.07) is 3.90. The van der Waals surface area contributed by atoms with Crippen molar-refractivity contribution < 1.29 is 34.8 Å². The normalized spacial score (nSPS) is 19.5. The quantitative estimate of drug-likeness (QED) is 0.408. The van der Waals surface area contributed by atoms with E-state index in [4.69, 9.17) is 0 Å². The lowest BCUT2D eigenvalue weighted by Gasteiger charge is -2.30. The van der Waals surface area contributed by atoms with Crippen LogP contribution >= 0.6 is 0 Å². The molecule has 1 unspecified atom stereocenters. The minimum atomic E-state index is -5.67. The molecule has 0 saturated heterocycles. The fourth-order valence-corrected chi connectivity index (χ4v) is 5.67. The third kappa shape index (κ3) is 4.13. The summed E-state index contributed by atoms with van der Waals surface area (Å²) in [7, 11) is -5.67. The number of aromatic nitrogens is 2. The van der Waals surface area contributed by atoms with Crippen LogP contribution in [0, 0.1) is 0 Å². The number of alkyl halides is 6. The van der Waals surface area contributed by atoms with Gasteiger partial charge in [0, 0.05) is 12.1 Å². The molecule has 4 rings (SSSR count). The Morgan fingerprint density at radius 3 is 2.39 bits per heavy atom. The van der Waals surface area contributed by atoms with Crippen LogP contribution in [-0.2, 0) is 29.2 Å². The average Bonchev–Trinajstić information content (AvgIpc) is 3.35. The summed E-state index contributed by atoms with van der Waals surface area (Å²) in [6.07, 6.45) is -0.0713. The van der Waals surface area contributed by atoms with E-state index >= 15 is 0 Å². The molecular formula is C21H21F6N3O2S. The van der Waals surface area contributed by atoms with E-state index in [0.29, 0.717) is 33.8 Å². The summed E-state index contributed by atoms with van der Waals surface area (Å²) in [5, 5.41) is 3.57. The van der Waals surface area contributed by atoms with Gasteiger partial charge in [0.15, 0.2) is 5.69 Å². The smallest absolute Gasteiger partial charge is 0.265 e. The van der Waals surface area contributed by atoms with Crippen molar-refractivity contribution in [2.75, 3.05) is 4.31 Å². The topological polar surface area (TPSA) is 55.2 Å². The van der Waals surface area contributed by atoms with Crippen LogP contribution in [0.4, 0.5) is 32.0 Å². The maximum atomic E-state index is 13.5. The molecule has 2 heterocycles. The summed E-state index contributed by atoms with van der Waals surface area (Å²) < 4.78 is 106. The first kappa shape index (κ1) is 23.7. The van der Waals surface area contributed by atoms with Gasteiger partial charge in [-0.2, -0.15) is 39.9 Å². The SMILES string of the molecule is CCn1nc(C(F)(F)F)cc1-c1ccc2c(c1)CC(C1=CCCCC1)N2S(=O)(=O)C(F)(F)F. The Kier molecular flexibility index (Phi) is 5.78. The number of fused-ring (bicyclic) bond motifs is 1. The molecule has 2 aromatic rings. The second-order valence-electron chi connectivity index (χ2n) is 8.06. The Labute approximate surface area is 186 Å². The number of sulfonamides is 1. The van der Waals surface area contributed by atoms with Crippen molar-refractivity contribution in [2.24, 2.45) is 0 Å². The summed E-state index contributed by atoms with van der Waals surface area (Å²) in [5.74, 6) is 0. The van der Waals surface area contributed by atoms with Gasteiger partial charge in [-0.1, -0.05) is 17.7 Å². The molecule has 180 valence electrons. The van der Waals surface area contributed by atoms with Crippen LogP contribution in [0.1, 0.15) is 43.9 Å². The minimum absolute atomic E-state index is 0.0106. The number of aryl methyl sites for hydroxylation is 1. The number of nitrogens with zero attached hydrogens (tertiary/aromatic N) is 3. The highest BCUT2D eigenvalue weighted by Crippen LogP contribution is 2.45. The van der Waals surface area contributed by atoms with Crippen LogP contribution in [-0.4, -0.2) is 29.7 Å². The molecule has 1 aliphatic heterocycles. The first-order chi connectivity index (χ1) is 15.3. The number of hydrogen-bond donors (Lipinski definition) is 0. The lowest BCUT2D eigenvalue weighted by molar-refractivity contribution is -0.141. The predicted octanol–water partition coefficient (Wildman–Crippen LogP) is 5.67. The molecule has 0 saturated carbocycles. The molecule has 33 heavy (non-hydrogen) atoms. The summed E-state index contributed by atoms with van der Waals surface area (Å²) in [4.78, 5) is 0. The molecule has 0 radical (unpaired) electrons. The number of anilines is 1. The van der Waals surface area contributed by atoms with Crippen LogP contribution in [0.2, 0.25) is 0 Å². The number of benzene rings is 1. The summed E-state index contributed by atoms with van der Waals surface area (Å²) in [5.41, 5.74) is -5.24. The summed E-state index contributed by atoms with van der Waals surface area (Å²) >= 11 is 0. The molecule has 12 heteroatoms. The zero-order valence-electron chi connectivity index (χ0n) is 17.5. The molecule has 0 spiro atoms. The Hall–Kier alpha value is -2.50. The number of allylic oxidation sites excluding steroid dienone is 1. The van der Waals surface area contributed by atoms with Crippen LogP contribution in [0.5, 0.6) is 0 Å². The fraction of sp³-hybridized carbons (Fsp3) is 0.476. The molecule has 0 bridgehead atoms. The molecule has 0 N–H and O–H groups in total. The van der Waals surface area contributed by atoms with Gasteiger partial charge in [0.05, 0.1) is 17.4 Å². The Morgan fingerprint density at radius 1 is 1.09 bits per heavy atom. The standard InChI is InChI=1S/C21H21F6N3O2S/c1-2-29-17(12-19(28-29)20(22,23)24)14-8-9-16-15(10-14)11-18(13-6-4-3-5-7-13)30(16)33(31,32)21(25,26)27/h6,8-10,12,18H,2-5,7,11H2,1H3. The van der Waals surface area contributed by atoms with Gasteiger partial charge in [0.1, 0.15) is 0 Å². The maximum Gasteiger partial charge on any atom is 0.516 e. The highest BCUT2D eigenvalue weighted by molar-refractivity contribution is 7.93. The highest BCUT2D eigenvalue weighted by atomic mass is 32.2. The lowest BCUT2D eigenvalue weighted by Crippen LogP contribution is -2.46. The molecule has 0 amide bonds. The van der Waals surface area contributed by atoms with Crippen LogP contribution in [0.25, 0.3) is 11.3 Å². The van der Waals surface area contributed by atoms with E-state index in [9.17, 15) is 34.8 Å². The van der Waals surface area contributed by atoms with Crippen LogP contribution < -0.4 is 4.31 Å². The van der Waals surface area contributed by atoms with Gasteiger partial charge >= 0.3 is 21.7 Å². The molecule has 1 aromatic carbocycles. The average molecular weight is 493 g/mol. The Bertz CT molecular complexity index is 1200. The zero-order chi connectivity index (χ0) is 24.2. The van der Waals surface area contributed by atoms with Crippen molar-refractivity contribution in [3.05, 3.63) is 47.2 Å². The van der Waals surface area contributed by atoms with Gasteiger partial charge in [-0.3, -0.25) is 8.99 Å². The van der Waals surface area contributed by atoms with Crippen molar-refractivity contribution in [3.8, 4) is 11.3 Å². The minimum Gasteiger partial charge on any atom is -0.265 e. The van der Waals surface area contributed by atoms with Gasteiger partial charge < -0.3 is 0 Å². The van der Waals surface area contributed by atoms with E-state index in [1.807, 2.05) is 0 Å². The predicted molar refractivity (Wildman–Crippen MR) is 110 cm³/mol. The second kappa shape index (κ2) is 8.07. The molecule has 1 aliphatic carbocycles. The van der Waals surface area contributed by atoms with E-state index in [1.165, 1.54) is 18.2 Å². The Balaban J connectivity index is 1.82. The molecule has 1 aromatic heterocycles. The van der Waals surface area contributed by atoms with E-state index in [1.54, 1.807) is 13.0 Å². The lowest BCUT2D eigenvalue weighted by atomic mass is 9.92. The highest BCUT2D eigenvalue weighted by Gasteiger charge is 2.54. The van der Waals surface area contributed by atoms with Crippen molar-refractivity contribution in [2.45, 2.75) is 63.3 Å². The van der Waals surface area contributed by atoms with Gasteiger partial charge in [-0.15, -0.1) is 0 Å². The number of rotatable bonds is 4. The van der Waals surface area contributed by atoms with E-state index in [0.717, 1.165) is 23.6 Å². The largest absolute Gasteiger partial charge is 0.516 e. The monoisotopic (exact) mass is 493 g/mol. The van der Waals surface area contributed by atoms with E-state index < -0.39 is 33.4 Å². The van der Waals surface area contributed by atoms with Gasteiger partial charge in [-0.05, 0) is 62.8 Å². The first-order valence-electron chi connectivity index (χ1n) is 10.4. The maximum absolute atomic E-state index is 13.5. The van der Waals surface area contributed by atoms with Crippen molar-refractivity contribution in [1.82, 2.24) is 9.78 Å². The van der Waals surface area contributed by atoms with Gasteiger partial charge in [0.2, 0.25) is 0 Å². The number of halogens is 6. The molecule has 1 atom stereocenters. The molecule has 0 fully saturated rings. The van der Waals surface area contributed by atoms with Gasteiger partial charge in [0.25, 0.3) is 0 Å². The second-order valence-corrected chi connectivity index (χ2v) is 9.87. The van der Waals surface area contributed by atoms with Crippen molar-refractivity contribution in [1.29, 1.82) is 0 Å². The third-order valence-electron chi connectivity index (χ3n) is 5.98. The third-order valence-corrected chi connectivity index (χ3v) is 7.54. The van der Waals surface area contributed by atoms with Crippen molar-refractivity contribution in [3.63, 3.8) is 0 Å². The molecule has 5 nitrogen and oxygen atoms in total. The number of hydrogen-bond acceptors (Lipinski definition) is 3. The van der Waals surface area contributed by atoms with Gasteiger partial charge in [-0.25, -0.2) is 0 Å².